The van der Waals surface area contributed by atoms with Gasteiger partial charge in [-0.05, 0) is 49.4 Å². The van der Waals surface area contributed by atoms with E-state index < -0.39 is 0 Å². The third-order valence-corrected chi connectivity index (χ3v) is 7.49. The highest BCUT2D eigenvalue weighted by atomic mass is 16.2. The van der Waals surface area contributed by atoms with Gasteiger partial charge in [0.1, 0.15) is 0 Å². The smallest absolute Gasteiger partial charge is 0.251 e. The van der Waals surface area contributed by atoms with Gasteiger partial charge in [-0.1, -0.05) is 20.3 Å². The molecule has 2 saturated heterocycles. The Balaban J connectivity index is 1.17. The van der Waals surface area contributed by atoms with Crippen molar-refractivity contribution in [3.8, 4) is 0 Å². The maximum Gasteiger partial charge on any atom is 0.251 e. The molecule has 3 aliphatic rings. The molecule has 3 fully saturated rings. The molecule has 33 heavy (non-hydrogen) atoms. The SMILES string of the molecule is CC(C)CCNC(=O)c1ccc(N2CCN(CC(=O)N3CCN(C4CCC4)CC3)CC2)cc1. The Morgan fingerprint density at radius 2 is 1.61 bits per heavy atom. The second-order valence-electron chi connectivity index (χ2n) is 10.2. The van der Waals surface area contributed by atoms with Crippen LogP contribution in [0.1, 0.15) is 49.9 Å². The number of amides is 2. The Bertz CT molecular complexity index is 776. The van der Waals surface area contributed by atoms with Gasteiger partial charge >= 0.3 is 0 Å². The fourth-order valence-corrected chi connectivity index (χ4v) is 4.94. The van der Waals surface area contributed by atoms with Crippen LogP contribution in [0.4, 0.5) is 5.69 Å². The molecule has 0 spiro atoms. The first-order valence-corrected chi connectivity index (χ1v) is 12.9. The van der Waals surface area contributed by atoms with Gasteiger partial charge in [-0.2, -0.15) is 0 Å². The predicted octanol–water partition coefficient (Wildman–Crippen LogP) is 2.28. The summed E-state index contributed by atoms with van der Waals surface area (Å²) in [5.74, 6) is 0.868. The minimum Gasteiger partial charge on any atom is -0.369 e. The largest absolute Gasteiger partial charge is 0.369 e. The van der Waals surface area contributed by atoms with E-state index in [1.54, 1.807) is 0 Å². The Morgan fingerprint density at radius 3 is 2.18 bits per heavy atom. The highest BCUT2D eigenvalue weighted by Crippen LogP contribution is 2.25. The van der Waals surface area contributed by atoms with E-state index in [2.05, 4.69) is 38.8 Å². The zero-order valence-corrected chi connectivity index (χ0v) is 20.5. The summed E-state index contributed by atoms with van der Waals surface area (Å²) >= 11 is 0. The Morgan fingerprint density at radius 1 is 0.939 bits per heavy atom. The quantitative estimate of drug-likeness (QED) is 0.652. The molecule has 4 rings (SSSR count). The third-order valence-electron chi connectivity index (χ3n) is 7.49. The van der Waals surface area contributed by atoms with Crippen molar-refractivity contribution in [2.45, 2.75) is 45.6 Å². The number of carbonyl (C=O) groups excluding carboxylic acids is 2. The fourth-order valence-electron chi connectivity index (χ4n) is 4.94. The van der Waals surface area contributed by atoms with Crippen molar-refractivity contribution in [3.63, 3.8) is 0 Å². The average molecular weight is 456 g/mol. The first kappa shape index (κ1) is 24.0. The molecule has 2 heterocycles. The van der Waals surface area contributed by atoms with Gasteiger partial charge in [0.2, 0.25) is 5.91 Å². The monoisotopic (exact) mass is 455 g/mol. The molecule has 7 heteroatoms. The van der Waals surface area contributed by atoms with Crippen LogP contribution in [0.2, 0.25) is 0 Å². The number of piperazine rings is 2. The van der Waals surface area contributed by atoms with Crippen molar-refractivity contribution in [1.29, 1.82) is 0 Å². The molecule has 182 valence electrons. The lowest BCUT2D eigenvalue weighted by atomic mass is 9.91. The number of rotatable bonds is 8. The fraction of sp³-hybridized carbons (Fsp3) is 0.692. The van der Waals surface area contributed by atoms with Crippen LogP contribution in [0.15, 0.2) is 24.3 Å². The van der Waals surface area contributed by atoms with Gasteiger partial charge < -0.3 is 15.1 Å². The Labute approximate surface area is 199 Å². The molecule has 0 bridgehead atoms. The summed E-state index contributed by atoms with van der Waals surface area (Å²) in [5.41, 5.74) is 1.86. The van der Waals surface area contributed by atoms with Crippen molar-refractivity contribution < 1.29 is 9.59 Å². The van der Waals surface area contributed by atoms with E-state index in [1.165, 1.54) is 19.3 Å². The lowest BCUT2D eigenvalue weighted by Gasteiger charge is -2.43. The van der Waals surface area contributed by atoms with Crippen LogP contribution in [0.5, 0.6) is 0 Å². The highest BCUT2D eigenvalue weighted by molar-refractivity contribution is 5.94. The highest BCUT2D eigenvalue weighted by Gasteiger charge is 2.30. The van der Waals surface area contributed by atoms with Gasteiger partial charge in [-0.3, -0.25) is 19.4 Å². The van der Waals surface area contributed by atoms with Gasteiger partial charge in [0.25, 0.3) is 5.91 Å². The van der Waals surface area contributed by atoms with Crippen LogP contribution in [-0.4, -0.2) is 98.0 Å². The van der Waals surface area contributed by atoms with Crippen LogP contribution < -0.4 is 10.2 Å². The number of hydrogen-bond acceptors (Lipinski definition) is 5. The molecule has 1 aromatic carbocycles. The van der Waals surface area contributed by atoms with Crippen LogP contribution in [0.3, 0.4) is 0 Å². The lowest BCUT2D eigenvalue weighted by molar-refractivity contribution is -0.134. The average Bonchev–Trinajstić information content (AvgIpc) is 2.79. The first-order chi connectivity index (χ1) is 16.0. The first-order valence-electron chi connectivity index (χ1n) is 12.9. The maximum atomic E-state index is 12.8. The number of benzene rings is 1. The number of hydrogen-bond donors (Lipinski definition) is 1. The predicted molar refractivity (Wildman–Crippen MR) is 133 cm³/mol. The molecule has 7 nitrogen and oxygen atoms in total. The van der Waals surface area contributed by atoms with Gasteiger partial charge in [-0.15, -0.1) is 0 Å². The van der Waals surface area contributed by atoms with E-state index in [0.29, 0.717) is 18.0 Å². The van der Waals surface area contributed by atoms with E-state index in [9.17, 15) is 9.59 Å². The molecular formula is C26H41N5O2. The van der Waals surface area contributed by atoms with Crippen molar-refractivity contribution in [2.75, 3.05) is 70.3 Å². The molecule has 2 amide bonds. The summed E-state index contributed by atoms with van der Waals surface area (Å²) in [6.45, 7) is 13.0. The van der Waals surface area contributed by atoms with Gasteiger partial charge in [0, 0.05) is 76.2 Å². The van der Waals surface area contributed by atoms with Crippen LogP contribution in [0.25, 0.3) is 0 Å². The third kappa shape index (κ3) is 6.48. The van der Waals surface area contributed by atoms with Crippen LogP contribution >= 0.6 is 0 Å². The van der Waals surface area contributed by atoms with E-state index in [4.69, 9.17) is 0 Å². The summed E-state index contributed by atoms with van der Waals surface area (Å²) in [5, 5.41) is 3.00. The summed E-state index contributed by atoms with van der Waals surface area (Å²) in [6, 6.07) is 8.70. The molecular weight excluding hydrogens is 414 g/mol. The standard InChI is InChI=1S/C26H41N5O2/c1-21(2)10-11-27-26(33)22-6-8-24(9-7-22)29-14-12-28(13-15-29)20-25(32)31-18-16-30(17-19-31)23-4-3-5-23/h6-9,21,23H,3-5,10-20H2,1-2H3,(H,27,33). The van der Waals surface area contributed by atoms with Crippen molar-refractivity contribution in [2.24, 2.45) is 5.92 Å². The molecule has 0 unspecified atom stereocenters. The molecule has 0 aromatic heterocycles. The molecule has 0 atom stereocenters. The van der Waals surface area contributed by atoms with E-state index in [-0.39, 0.29) is 11.8 Å². The maximum absolute atomic E-state index is 12.8. The minimum absolute atomic E-state index is 0.000878. The number of carbonyl (C=O) groups is 2. The topological polar surface area (TPSA) is 59.1 Å². The minimum atomic E-state index is -0.000878. The van der Waals surface area contributed by atoms with Gasteiger partial charge in [0.15, 0.2) is 0 Å². The second-order valence-corrected chi connectivity index (χ2v) is 10.2. The summed E-state index contributed by atoms with van der Waals surface area (Å²) in [7, 11) is 0. The van der Waals surface area contributed by atoms with Gasteiger partial charge in [0.05, 0.1) is 6.54 Å². The van der Waals surface area contributed by atoms with Crippen LogP contribution in [-0.2, 0) is 4.79 Å². The normalized spacial score (nSPS) is 20.7. The molecule has 0 radical (unpaired) electrons. The molecule has 1 aromatic rings. The van der Waals surface area contributed by atoms with Crippen LogP contribution in [0, 0.1) is 5.92 Å². The van der Waals surface area contributed by atoms with Crippen molar-refractivity contribution >= 4 is 17.5 Å². The molecule has 1 saturated carbocycles. The summed E-state index contributed by atoms with van der Waals surface area (Å²) in [6.07, 6.45) is 5.04. The van der Waals surface area contributed by atoms with Crippen molar-refractivity contribution in [1.82, 2.24) is 20.0 Å². The van der Waals surface area contributed by atoms with Gasteiger partial charge in [-0.25, -0.2) is 0 Å². The number of nitrogens with zero attached hydrogens (tertiary/aromatic N) is 4. The van der Waals surface area contributed by atoms with E-state index >= 15 is 0 Å². The Hall–Kier alpha value is -2.12. The molecule has 1 N–H and O–H groups in total. The zero-order chi connectivity index (χ0) is 23.2. The summed E-state index contributed by atoms with van der Waals surface area (Å²) < 4.78 is 0. The Kier molecular flexibility index (Phi) is 8.25. The lowest BCUT2D eigenvalue weighted by Crippen LogP contribution is -2.56. The molecule has 2 aliphatic heterocycles. The summed E-state index contributed by atoms with van der Waals surface area (Å²) in [4.78, 5) is 34.4. The second kappa shape index (κ2) is 11.3. The number of nitrogens with one attached hydrogen (secondary N) is 1. The zero-order valence-electron chi connectivity index (χ0n) is 20.5. The van der Waals surface area contributed by atoms with E-state index in [1.807, 2.05) is 24.3 Å². The van der Waals surface area contributed by atoms with E-state index in [0.717, 1.165) is 77.1 Å². The van der Waals surface area contributed by atoms with Crippen molar-refractivity contribution in [3.05, 3.63) is 29.8 Å². The molecule has 1 aliphatic carbocycles. The number of anilines is 1.